The molecule has 0 N–H and O–H groups in total. The van der Waals surface area contributed by atoms with Gasteiger partial charge in [-0.05, 0) is 34.2 Å². The van der Waals surface area contributed by atoms with Crippen LogP contribution in [0, 0.1) is 0 Å². The molecule has 1 aliphatic rings. The number of rotatable bonds is 7. The highest BCUT2D eigenvalue weighted by Crippen LogP contribution is 2.29. The van der Waals surface area contributed by atoms with Gasteiger partial charge in [0.05, 0.1) is 26.7 Å². The number of methoxy groups -OCH3 is 1. The molecule has 1 saturated heterocycles. The van der Waals surface area contributed by atoms with Gasteiger partial charge in [0.25, 0.3) is 0 Å². The summed E-state index contributed by atoms with van der Waals surface area (Å²) < 4.78 is 43.5. The molecule has 0 bridgehead atoms. The molecule has 1 aliphatic heterocycles. The fourth-order valence-electron chi connectivity index (χ4n) is 3.44. The molecule has 32 heavy (non-hydrogen) atoms. The first-order valence-electron chi connectivity index (χ1n) is 10.6. The zero-order valence-electron chi connectivity index (χ0n) is 19.1. The molecule has 0 atom stereocenters. The minimum Gasteiger partial charge on any atom is -0.495 e. The van der Waals surface area contributed by atoms with Crippen LogP contribution in [0.15, 0.2) is 47.4 Å². The molecule has 8 heteroatoms. The van der Waals surface area contributed by atoms with Crippen molar-refractivity contribution >= 4 is 16.0 Å². The molecule has 2 aromatic rings. The van der Waals surface area contributed by atoms with E-state index in [0.717, 1.165) is 5.56 Å². The highest BCUT2D eigenvalue weighted by atomic mass is 32.2. The molecule has 0 aliphatic carbocycles. The van der Waals surface area contributed by atoms with Crippen LogP contribution in [0.25, 0.3) is 0 Å². The van der Waals surface area contributed by atoms with Crippen molar-refractivity contribution in [2.45, 2.75) is 44.1 Å². The number of nitrogens with zero attached hydrogens (tertiary/aromatic N) is 1. The second-order valence-corrected chi connectivity index (χ2v) is 10.7. The van der Waals surface area contributed by atoms with Crippen molar-refractivity contribution in [3.8, 4) is 5.75 Å². The van der Waals surface area contributed by atoms with E-state index in [1.807, 2.05) is 24.3 Å². The van der Waals surface area contributed by atoms with E-state index in [9.17, 15) is 13.2 Å². The molecular formula is C24H31NO6S. The molecule has 0 radical (unpaired) electrons. The summed E-state index contributed by atoms with van der Waals surface area (Å²) in [6, 6.07) is 12.7. The average molecular weight is 462 g/mol. The van der Waals surface area contributed by atoms with Crippen LogP contribution in [-0.4, -0.2) is 52.1 Å². The van der Waals surface area contributed by atoms with Crippen LogP contribution >= 0.6 is 0 Å². The van der Waals surface area contributed by atoms with Gasteiger partial charge in [-0.3, -0.25) is 4.79 Å². The number of hydrogen-bond acceptors (Lipinski definition) is 6. The number of esters is 1. The third kappa shape index (κ3) is 5.88. The summed E-state index contributed by atoms with van der Waals surface area (Å²) in [6.07, 6.45) is -0.0320. The highest BCUT2D eigenvalue weighted by Gasteiger charge is 2.29. The van der Waals surface area contributed by atoms with Gasteiger partial charge in [0.2, 0.25) is 10.0 Å². The lowest BCUT2D eigenvalue weighted by molar-refractivity contribution is -0.144. The van der Waals surface area contributed by atoms with Gasteiger partial charge in [-0.15, -0.1) is 0 Å². The summed E-state index contributed by atoms with van der Waals surface area (Å²) in [6.45, 7) is 7.86. The lowest BCUT2D eigenvalue weighted by Gasteiger charge is -2.26. The SMILES string of the molecule is COc1ccc(CC(=O)OCc2ccc(C(C)(C)C)cc2)cc1S(=O)(=O)N1CCOCC1. The van der Waals surface area contributed by atoms with E-state index in [0.29, 0.717) is 18.8 Å². The second-order valence-electron chi connectivity index (χ2n) is 8.79. The Morgan fingerprint density at radius 3 is 2.25 bits per heavy atom. The van der Waals surface area contributed by atoms with E-state index >= 15 is 0 Å². The van der Waals surface area contributed by atoms with Gasteiger partial charge in [0.1, 0.15) is 17.3 Å². The Morgan fingerprint density at radius 2 is 1.66 bits per heavy atom. The fourth-order valence-corrected chi connectivity index (χ4v) is 5.06. The number of carbonyl (C=O) groups excluding carboxylic acids is 1. The van der Waals surface area contributed by atoms with E-state index in [1.54, 1.807) is 12.1 Å². The Bertz CT molecular complexity index is 1040. The number of benzene rings is 2. The molecular weight excluding hydrogens is 430 g/mol. The Balaban J connectivity index is 1.68. The third-order valence-corrected chi connectivity index (χ3v) is 7.30. The van der Waals surface area contributed by atoms with E-state index in [-0.39, 0.29) is 42.2 Å². The van der Waals surface area contributed by atoms with Crippen LogP contribution < -0.4 is 4.74 Å². The number of hydrogen-bond donors (Lipinski definition) is 0. The molecule has 174 valence electrons. The molecule has 3 rings (SSSR count). The van der Waals surface area contributed by atoms with Crippen molar-refractivity contribution in [2.75, 3.05) is 33.4 Å². The summed E-state index contributed by atoms with van der Waals surface area (Å²) in [7, 11) is -2.34. The quantitative estimate of drug-likeness (QED) is 0.589. The molecule has 0 spiro atoms. The number of sulfonamides is 1. The maximum absolute atomic E-state index is 13.1. The van der Waals surface area contributed by atoms with Crippen molar-refractivity contribution in [3.05, 3.63) is 59.2 Å². The summed E-state index contributed by atoms with van der Waals surface area (Å²) in [4.78, 5) is 12.4. The first kappa shape index (κ1) is 24.2. The fraction of sp³-hybridized carbons (Fsp3) is 0.458. The van der Waals surface area contributed by atoms with E-state index in [4.69, 9.17) is 14.2 Å². The third-order valence-electron chi connectivity index (χ3n) is 5.38. The molecule has 2 aromatic carbocycles. The number of carbonyl (C=O) groups is 1. The Hall–Kier alpha value is -2.42. The minimum absolute atomic E-state index is 0.0320. The number of morpholine rings is 1. The molecule has 0 aromatic heterocycles. The molecule has 1 fully saturated rings. The van der Waals surface area contributed by atoms with Gasteiger partial charge in [-0.25, -0.2) is 8.42 Å². The largest absolute Gasteiger partial charge is 0.495 e. The van der Waals surface area contributed by atoms with Crippen LogP contribution in [0.4, 0.5) is 0 Å². The molecule has 7 nitrogen and oxygen atoms in total. The normalized spacial score (nSPS) is 15.4. The zero-order valence-corrected chi connectivity index (χ0v) is 19.9. The van der Waals surface area contributed by atoms with E-state index < -0.39 is 16.0 Å². The van der Waals surface area contributed by atoms with Gasteiger partial charge in [0.15, 0.2) is 0 Å². The first-order valence-corrected chi connectivity index (χ1v) is 12.0. The van der Waals surface area contributed by atoms with Crippen LogP contribution in [0.5, 0.6) is 5.75 Å². The Labute approximate surface area is 190 Å². The highest BCUT2D eigenvalue weighted by molar-refractivity contribution is 7.89. The average Bonchev–Trinajstić information content (AvgIpc) is 2.78. The van der Waals surface area contributed by atoms with Crippen LogP contribution in [-0.2, 0) is 42.7 Å². The Morgan fingerprint density at radius 1 is 1.03 bits per heavy atom. The lowest BCUT2D eigenvalue weighted by atomic mass is 9.87. The van der Waals surface area contributed by atoms with E-state index in [1.165, 1.54) is 23.0 Å². The standard InChI is InChI=1S/C24H31NO6S/c1-24(2,3)20-8-5-18(6-9-20)17-31-23(26)16-19-7-10-21(29-4)22(15-19)32(27,28)25-11-13-30-14-12-25/h5-10,15H,11-14,16-17H2,1-4H3. The van der Waals surface area contributed by atoms with Crippen molar-refractivity contribution in [1.29, 1.82) is 0 Å². The van der Waals surface area contributed by atoms with Crippen LogP contribution in [0.3, 0.4) is 0 Å². The summed E-state index contributed by atoms with van der Waals surface area (Å²) in [5.74, 6) is -0.183. The second kappa shape index (κ2) is 10.0. The van der Waals surface area contributed by atoms with Gasteiger partial charge < -0.3 is 14.2 Å². The van der Waals surface area contributed by atoms with Gasteiger partial charge >= 0.3 is 5.97 Å². The molecule has 1 heterocycles. The van der Waals surface area contributed by atoms with Crippen molar-refractivity contribution in [2.24, 2.45) is 0 Å². The van der Waals surface area contributed by atoms with Gasteiger partial charge in [0, 0.05) is 13.1 Å². The summed E-state index contributed by atoms with van der Waals surface area (Å²) in [5, 5.41) is 0. The monoisotopic (exact) mass is 461 g/mol. The van der Waals surface area contributed by atoms with E-state index in [2.05, 4.69) is 20.8 Å². The predicted molar refractivity (Wildman–Crippen MR) is 121 cm³/mol. The Kier molecular flexibility index (Phi) is 7.59. The number of ether oxygens (including phenoxy) is 3. The van der Waals surface area contributed by atoms with Gasteiger partial charge in [-0.2, -0.15) is 4.31 Å². The molecule has 0 amide bonds. The van der Waals surface area contributed by atoms with Crippen LogP contribution in [0.2, 0.25) is 0 Å². The topological polar surface area (TPSA) is 82.1 Å². The lowest BCUT2D eigenvalue weighted by Crippen LogP contribution is -2.40. The maximum atomic E-state index is 13.1. The molecule has 0 saturated carbocycles. The van der Waals surface area contributed by atoms with Crippen molar-refractivity contribution in [3.63, 3.8) is 0 Å². The van der Waals surface area contributed by atoms with Gasteiger partial charge in [-0.1, -0.05) is 51.1 Å². The maximum Gasteiger partial charge on any atom is 0.310 e. The smallest absolute Gasteiger partial charge is 0.310 e. The predicted octanol–water partition coefficient (Wildman–Crippen LogP) is 3.30. The van der Waals surface area contributed by atoms with Crippen molar-refractivity contribution in [1.82, 2.24) is 4.31 Å². The minimum atomic E-state index is -3.76. The van der Waals surface area contributed by atoms with Crippen molar-refractivity contribution < 1.29 is 27.4 Å². The zero-order chi connectivity index (χ0) is 23.4. The summed E-state index contributed by atoms with van der Waals surface area (Å²) in [5.41, 5.74) is 2.71. The summed E-state index contributed by atoms with van der Waals surface area (Å²) >= 11 is 0. The molecule has 0 unspecified atom stereocenters. The first-order chi connectivity index (χ1) is 15.1. The van der Waals surface area contributed by atoms with Crippen LogP contribution in [0.1, 0.15) is 37.5 Å².